The Hall–Kier alpha value is -1.82. The van der Waals surface area contributed by atoms with Crippen LogP contribution in [0.15, 0.2) is 16.5 Å². The molecule has 1 atom stereocenters. The zero-order valence-corrected chi connectivity index (χ0v) is 10.3. The lowest BCUT2D eigenvalue weighted by Crippen LogP contribution is -2.12. The van der Waals surface area contributed by atoms with Gasteiger partial charge >= 0.3 is 0 Å². The summed E-state index contributed by atoms with van der Waals surface area (Å²) in [7, 11) is 1.75. The Balaban J connectivity index is 2.43. The number of benzene rings is 1. The highest BCUT2D eigenvalue weighted by atomic mass is 19.1. The van der Waals surface area contributed by atoms with Gasteiger partial charge in [-0.1, -0.05) is 0 Å². The SMILES string of the molecule is CNC(C)c1nnc(-c2cc(C)c(F)cc2F)o1. The topological polar surface area (TPSA) is 51.0 Å². The molecule has 1 aromatic heterocycles. The molecule has 1 heterocycles. The van der Waals surface area contributed by atoms with Crippen molar-refractivity contribution in [3.63, 3.8) is 0 Å². The van der Waals surface area contributed by atoms with Crippen LogP contribution < -0.4 is 5.32 Å². The summed E-state index contributed by atoms with van der Waals surface area (Å²) in [4.78, 5) is 0. The molecule has 6 heteroatoms. The fraction of sp³-hybridized carbons (Fsp3) is 0.333. The van der Waals surface area contributed by atoms with Crippen LogP contribution in [0.4, 0.5) is 8.78 Å². The van der Waals surface area contributed by atoms with E-state index in [9.17, 15) is 8.78 Å². The van der Waals surface area contributed by atoms with E-state index in [0.717, 1.165) is 6.07 Å². The smallest absolute Gasteiger partial charge is 0.250 e. The van der Waals surface area contributed by atoms with Crippen molar-refractivity contribution >= 4 is 0 Å². The maximum Gasteiger partial charge on any atom is 0.250 e. The highest BCUT2D eigenvalue weighted by Gasteiger charge is 2.17. The molecule has 0 aliphatic rings. The third-order valence-electron chi connectivity index (χ3n) is 2.72. The molecule has 0 aliphatic heterocycles. The van der Waals surface area contributed by atoms with Crippen LogP contribution in [-0.4, -0.2) is 17.2 Å². The van der Waals surface area contributed by atoms with E-state index in [1.54, 1.807) is 14.0 Å². The van der Waals surface area contributed by atoms with Crippen molar-refractivity contribution in [1.29, 1.82) is 0 Å². The Morgan fingerprint density at radius 2 is 1.94 bits per heavy atom. The van der Waals surface area contributed by atoms with E-state index in [1.807, 2.05) is 6.92 Å². The minimum Gasteiger partial charge on any atom is -0.419 e. The van der Waals surface area contributed by atoms with Crippen LogP contribution in [0.25, 0.3) is 11.5 Å². The molecule has 2 aromatic rings. The Bertz CT molecular complexity index is 568. The van der Waals surface area contributed by atoms with E-state index in [0.29, 0.717) is 11.5 Å². The van der Waals surface area contributed by atoms with Gasteiger partial charge in [0, 0.05) is 6.07 Å². The molecule has 4 nitrogen and oxygen atoms in total. The van der Waals surface area contributed by atoms with Crippen molar-refractivity contribution in [3.8, 4) is 11.5 Å². The Morgan fingerprint density at radius 3 is 2.61 bits per heavy atom. The molecule has 1 unspecified atom stereocenters. The Labute approximate surface area is 103 Å². The number of halogens is 2. The summed E-state index contributed by atoms with van der Waals surface area (Å²) in [6.07, 6.45) is 0. The molecule has 2 rings (SSSR count). The summed E-state index contributed by atoms with van der Waals surface area (Å²) in [6.45, 7) is 3.38. The third-order valence-corrected chi connectivity index (χ3v) is 2.72. The number of nitrogens with one attached hydrogen (secondary N) is 1. The molecule has 1 N–H and O–H groups in total. The van der Waals surface area contributed by atoms with Gasteiger partial charge in [0.05, 0.1) is 11.6 Å². The molecule has 18 heavy (non-hydrogen) atoms. The quantitative estimate of drug-likeness (QED) is 0.913. The lowest BCUT2D eigenvalue weighted by Gasteiger charge is -2.03. The largest absolute Gasteiger partial charge is 0.419 e. The number of hydrogen-bond donors (Lipinski definition) is 1. The molecule has 0 saturated heterocycles. The van der Waals surface area contributed by atoms with Crippen LogP contribution >= 0.6 is 0 Å². The summed E-state index contributed by atoms with van der Waals surface area (Å²) in [5.74, 6) is -0.911. The van der Waals surface area contributed by atoms with E-state index in [2.05, 4.69) is 15.5 Å². The molecule has 0 aliphatic carbocycles. The fourth-order valence-electron chi connectivity index (χ4n) is 1.46. The van der Waals surface area contributed by atoms with Gasteiger partial charge in [-0.25, -0.2) is 8.78 Å². The van der Waals surface area contributed by atoms with Crippen LogP contribution in [0, 0.1) is 18.6 Å². The summed E-state index contributed by atoms with van der Waals surface area (Å²) in [5, 5.41) is 10.5. The number of nitrogens with zero attached hydrogens (tertiary/aromatic N) is 2. The molecular weight excluding hydrogens is 240 g/mol. The molecule has 0 bridgehead atoms. The molecule has 96 valence electrons. The van der Waals surface area contributed by atoms with Crippen LogP contribution in [0.1, 0.15) is 24.4 Å². The first-order valence-electron chi connectivity index (χ1n) is 5.49. The summed E-state index contributed by atoms with van der Waals surface area (Å²) < 4.78 is 32.1. The minimum absolute atomic E-state index is 0.0488. The molecule has 0 saturated carbocycles. The van der Waals surface area contributed by atoms with E-state index in [-0.39, 0.29) is 17.5 Å². The molecule has 0 fully saturated rings. The highest BCUT2D eigenvalue weighted by Crippen LogP contribution is 2.25. The number of aromatic nitrogens is 2. The molecular formula is C12H13F2N3O. The van der Waals surface area contributed by atoms with Gasteiger partial charge in [-0.15, -0.1) is 10.2 Å². The maximum absolute atomic E-state index is 13.6. The lowest BCUT2D eigenvalue weighted by molar-refractivity contribution is 0.439. The van der Waals surface area contributed by atoms with Gasteiger partial charge in [-0.3, -0.25) is 0 Å². The second kappa shape index (κ2) is 4.81. The van der Waals surface area contributed by atoms with Crippen molar-refractivity contribution in [1.82, 2.24) is 15.5 Å². The lowest BCUT2D eigenvalue weighted by atomic mass is 10.1. The van der Waals surface area contributed by atoms with Gasteiger partial charge in [0.2, 0.25) is 5.89 Å². The molecule has 0 radical (unpaired) electrons. The Kier molecular flexibility index (Phi) is 3.38. The number of aryl methyl sites for hydroxylation is 1. The predicted molar refractivity (Wildman–Crippen MR) is 61.9 cm³/mol. The van der Waals surface area contributed by atoms with Crippen molar-refractivity contribution in [2.24, 2.45) is 0 Å². The first kappa shape index (κ1) is 12.6. The van der Waals surface area contributed by atoms with Crippen LogP contribution in [0.2, 0.25) is 0 Å². The zero-order valence-electron chi connectivity index (χ0n) is 10.3. The van der Waals surface area contributed by atoms with Gasteiger partial charge in [0.1, 0.15) is 11.6 Å². The Morgan fingerprint density at radius 1 is 1.22 bits per heavy atom. The van der Waals surface area contributed by atoms with Gasteiger partial charge in [0.25, 0.3) is 5.89 Å². The van der Waals surface area contributed by atoms with E-state index < -0.39 is 11.6 Å². The van der Waals surface area contributed by atoms with E-state index in [1.165, 1.54) is 6.07 Å². The summed E-state index contributed by atoms with van der Waals surface area (Å²) in [6, 6.07) is 2.04. The average molecular weight is 253 g/mol. The highest BCUT2D eigenvalue weighted by molar-refractivity contribution is 5.55. The van der Waals surface area contributed by atoms with Crippen LogP contribution in [0.5, 0.6) is 0 Å². The monoisotopic (exact) mass is 253 g/mol. The summed E-state index contributed by atoms with van der Waals surface area (Å²) >= 11 is 0. The minimum atomic E-state index is -0.717. The van der Waals surface area contributed by atoms with Gasteiger partial charge < -0.3 is 9.73 Å². The van der Waals surface area contributed by atoms with E-state index in [4.69, 9.17) is 4.42 Å². The van der Waals surface area contributed by atoms with E-state index >= 15 is 0 Å². The second-order valence-electron chi connectivity index (χ2n) is 4.04. The molecule has 0 spiro atoms. The van der Waals surface area contributed by atoms with Crippen molar-refractivity contribution in [2.75, 3.05) is 7.05 Å². The van der Waals surface area contributed by atoms with Crippen LogP contribution in [-0.2, 0) is 0 Å². The van der Waals surface area contributed by atoms with Gasteiger partial charge in [-0.05, 0) is 32.5 Å². The molecule has 0 amide bonds. The predicted octanol–water partition coefficient (Wildman–Crippen LogP) is 2.60. The fourth-order valence-corrected chi connectivity index (χ4v) is 1.46. The average Bonchev–Trinajstić information content (AvgIpc) is 2.82. The zero-order chi connectivity index (χ0) is 13.3. The van der Waals surface area contributed by atoms with Gasteiger partial charge in [0.15, 0.2) is 0 Å². The first-order valence-corrected chi connectivity index (χ1v) is 5.49. The van der Waals surface area contributed by atoms with Crippen molar-refractivity contribution in [2.45, 2.75) is 19.9 Å². The molecule has 1 aromatic carbocycles. The standard InChI is InChI=1S/C12H13F2N3O/c1-6-4-8(10(14)5-9(6)13)12-17-16-11(18-12)7(2)15-3/h4-5,7,15H,1-3H3. The third kappa shape index (κ3) is 2.24. The van der Waals surface area contributed by atoms with Gasteiger partial charge in [-0.2, -0.15) is 0 Å². The first-order chi connectivity index (χ1) is 8.52. The van der Waals surface area contributed by atoms with Crippen molar-refractivity contribution in [3.05, 3.63) is 35.2 Å². The second-order valence-corrected chi connectivity index (χ2v) is 4.04. The van der Waals surface area contributed by atoms with Crippen molar-refractivity contribution < 1.29 is 13.2 Å². The summed E-state index contributed by atoms with van der Waals surface area (Å²) in [5.41, 5.74) is 0.434. The number of hydrogen-bond acceptors (Lipinski definition) is 4. The van der Waals surface area contributed by atoms with Crippen LogP contribution in [0.3, 0.4) is 0 Å². The maximum atomic E-state index is 13.6. The number of rotatable bonds is 3. The normalized spacial score (nSPS) is 12.7.